The van der Waals surface area contributed by atoms with Crippen LogP contribution in [-0.4, -0.2) is 12.5 Å². The van der Waals surface area contributed by atoms with Gasteiger partial charge in [-0.05, 0) is 54.8 Å². The Morgan fingerprint density at radius 3 is 2.55 bits per heavy atom. The van der Waals surface area contributed by atoms with Gasteiger partial charge in [-0.1, -0.05) is 23.7 Å². The highest BCUT2D eigenvalue weighted by Gasteiger charge is 2.07. The first kappa shape index (κ1) is 14.5. The molecule has 0 atom stereocenters. The number of amides is 1. The summed E-state index contributed by atoms with van der Waals surface area (Å²) in [5, 5.41) is 3.51. The zero-order valence-corrected chi connectivity index (χ0v) is 11.9. The summed E-state index contributed by atoms with van der Waals surface area (Å²) in [6.45, 7) is 2.16. The lowest BCUT2D eigenvalue weighted by molar-refractivity contribution is 0.0954. The van der Waals surface area contributed by atoms with Crippen molar-refractivity contribution in [2.24, 2.45) is 0 Å². The van der Waals surface area contributed by atoms with E-state index in [9.17, 15) is 9.18 Å². The number of benzene rings is 2. The highest BCUT2D eigenvalue weighted by molar-refractivity contribution is 6.30. The molecule has 0 aliphatic heterocycles. The standard InChI is InChI=1S/C16H15ClFNO/c1-11-10-13(4-7-15(11)18)16(20)19-9-8-12-2-5-14(17)6-3-12/h2-7,10H,8-9H2,1H3,(H,19,20). The zero-order chi connectivity index (χ0) is 14.5. The van der Waals surface area contributed by atoms with Crippen LogP contribution < -0.4 is 5.32 Å². The van der Waals surface area contributed by atoms with Crippen LogP contribution in [0.25, 0.3) is 0 Å². The Balaban J connectivity index is 1.88. The quantitative estimate of drug-likeness (QED) is 0.913. The summed E-state index contributed by atoms with van der Waals surface area (Å²) < 4.78 is 13.1. The molecule has 0 spiro atoms. The number of carbonyl (C=O) groups excluding carboxylic acids is 1. The van der Waals surface area contributed by atoms with Gasteiger partial charge in [-0.15, -0.1) is 0 Å². The highest BCUT2D eigenvalue weighted by atomic mass is 35.5. The number of halogens is 2. The maximum atomic E-state index is 13.1. The molecule has 1 N–H and O–H groups in total. The first-order valence-electron chi connectivity index (χ1n) is 6.35. The van der Waals surface area contributed by atoms with Crippen LogP contribution in [0.4, 0.5) is 4.39 Å². The summed E-state index contributed by atoms with van der Waals surface area (Å²) in [7, 11) is 0. The Bertz CT molecular complexity index is 610. The second-order valence-electron chi connectivity index (χ2n) is 4.60. The smallest absolute Gasteiger partial charge is 0.251 e. The molecule has 2 nitrogen and oxygen atoms in total. The van der Waals surface area contributed by atoms with Gasteiger partial charge in [0, 0.05) is 17.1 Å². The molecule has 2 aromatic rings. The molecule has 0 radical (unpaired) electrons. The first-order chi connectivity index (χ1) is 9.56. The van der Waals surface area contributed by atoms with E-state index in [0.717, 1.165) is 12.0 Å². The minimum absolute atomic E-state index is 0.193. The van der Waals surface area contributed by atoms with Gasteiger partial charge in [0.2, 0.25) is 0 Å². The molecule has 0 aliphatic carbocycles. The number of nitrogens with one attached hydrogen (secondary N) is 1. The summed E-state index contributed by atoms with van der Waals surface area (Å²) in [5.41, 5.74) is 2.04. The first-order valence-corrected chi connectivity index (χ1v) is 6.73. The second-order valence-corrected chi connectivity index (χ2v) is 5.03. The van der Waals surface area contributed by atoms with Crippen molar-refractivity contribution < 1.29 is 9.18 Å². The van der Waals surface area contributed by atoms with E-state index in [-0.39, 0.29) is 11.7 Å². The molecule has 0 saturated carbocycles. The third kappa shape index (κ3) is 3.81. The molecule has 0 heterocycles. The van der Waals surface area contributed by atoms with Gasteiger partial charge in [-0.2, -0.15) is 0 Å². The van der Waals surface area contributed by atoms with Gasteiger partial charge in [-0.25, -0.2) is 4.39 Å². The van der Waals surface area contributed by atoms with E-state index in [0.29, 0.717) is 22.7 Å². The van der Waals surface area contributed by atoms with E-state index >= 15 is 0 Å². The molecule has 0 aromatic heterocycles. The summed E-state index contributed by atoms with van der Waals surface area (Å²) in [4.78, 5) is 11.9. The molecule has 0 unspecified atom stereocenters. The fourth-order valence-electron chi connectivity index (χ4n) is 1.86. The number of aryl methyl sites for hydroxylation is 1. The molecule has 2 aromatic carbocycles. The van der Waals surface area contributed by atoms with Gasteiger partial charge < -0.3 is 5.32 Å². The normalized spacial score (nSPS) is 10.3. The van der Waals surface area contributed by atoms with Crippen molar-refractivity contribution in [3.05, 3.63) is 70.0 Å². The SMILES string of the molecule is Cc1cc(C(=O)NCCc2ccc(Cl)cc2)ccc1F. The number of hydrogen-bond donors (Lipinski definition) is 1. The van der Waals surface area contributed by atoms with Gasteiger partial charge in [0.25, 0.3) is 5.91 Å². The van der Waals surface area contributed by atoms with E-state index in [1.807, 2.05) is 24.3 Å². The highest BCUT2D eigenvalue weighted by Crippen LogP contribution is 2.10. The predicted molar refractivity (Wildman–Crippen MR) is 78.6 cm³/mol. The Hall–Kier alpha value is -1.87. The van der Waals surface area contributed by atoms with Crippen molar-refractivity contribution in [2.45, 2.75) is 13.3 Å². The van der Waals surface area contributed by atoms with E-state index in [1.54, 1.807) is 13.0 Å². The largest absolute Gasteiger partial charge is 0.352 e. The second kappa shape index (κ2) is 6.53. The van der Waals surface area contributed by atoms with Crippen LogP contribution >= 0.6 is 11.6 Å². The third-order valence-electron chi connectivity index (χ3n) is 3.03. The van der Waals surface area contributed by atoms with Gasteiger partial charge in [0.1, 0.15) is 5.82 Å². The summed E-state index contributed by atoms with van der Waals surface area (Å²) in [6, 6.07) is 11.8. The molecule has 4 heteroatoms. The van der Waals surface area contributed by atoms with E-state index < -0.39 is 0 Å². The van der Waals surface area contributed by atoms with Crippen LogP contribution in [0.15, 0.2) is 42.5 Å². The summed E-state index contributed by atoms with van der Waals surface area (Å²) in [6.07, 6.45) is 0.725. The molecule has 0 fully saturated rings. The number of rotatable bonds is 4. The maximum Gasteiger partial charge on any atom is 0.251 e. The van der Waals surface area contributed by atoms with Crippen LogP contribution in [0, 0.1) is 12.7 Å². The van der Waals surface area contributed by atoms with Crippen LogP contribution in [0.3, 0.4) is 0 Å². The molecule has 20 heavy (non-hydrogen) atoms. The molecule has 1 amide bonds. The fraction of sp³-hybridized carbons (Fsp3) is 0.188. The summed E-state index contributed by atoms with van der Waals surface area (Å²) in [5.74, 6) is -0.496. The van der Waals surface area contributed by atoms with Crippen LogP contribution in [0.1, 0.15) is 21.5 Å². The monoisotopic (exact) mass is 291 g/mol. The Kier molecular flexibility index (Phi) is 4.74. The van der Waals surface area contributed by atoms with Crippen LogP contribution in [0.5, 0.6) is 0 Å². The van der Waals surface area contributed by atoms with E-state index in [1.165, 1.54) is 12.1 Å². The number of hydrogen-bond acceptors (Lipinski definition) is 1. The lowest BCUT2D eigenvalue weighted by atomic mass is 10.1. The molecule has 104 valence electrons. The molecular formula is C16H15ClFNO. The van der Waals surface area contributed by atoms with Gasteiger partial charge >= 0.3 is 0 Å². The van der Waals surface area contributed by atoms with Crippen molar-refractivity contribution in [3.8, 4) is 0 Å². The van der Waals surface area contributed by atoms with Crippen LogP contribution in [0.2, 0.25) is 5.02 Å². The lowest BCUT2D eigenvalue weighted by Crippen LogP contribution is -2.25. The molecular weight excluding hydrogens is 277 g/mol. The minimum atomic E-state index is -0.303. The summed E-state index contributed by atoms with van der Waals surface area (Å²) >= 11 is 5.80. The Morgan fingerprint density at radius 2 is 1.90 bits per heavy atom. The van der Waals surface area contributed by atoms with Crippen molar-refractivity contribution in [1.82, 2.24) is 5.32 Å². The third-order valence-corrected chi connectivity index (χ3v) is 3.28. The van der Waals surface area contributed by atoms with E-state index in [2.05, 4.69) is 5.32 Å². The average Bonchev–Trinajstić information content (AvgIpc) is 2.44. The van der Waals surface area contributed by atoms with Crippen molar-refractivity contribution in [3.63, 3.8) is 0 Å². The van der Waals surface area contributed by atoms with Crippen molar-refractivity contribution >= 4 is 17.5 Å². The van der Waals surface area contributed by atoms with E-state index in [4.69, 9.17) is 11.6 Å². The molecule has 0 saturated heterocycles. The zero-order valence-electron chi connectivity index (χ0n) is 11.1. The Morgan fingerprint density at radius 1 is 1.20 bits per heavy atom. The maximum absolute atomic E-state index is 13.1. The molecule has 0 bridgehead atoms. The predicted octanol–water partition coefficient (Wildman–Crippen LogP) is 3.76. The van der Waals surface area contributed by atoms with Crippen molar-refractivity contribution in [2.75, 3.05) is 6.54 Å². The van der Waals surface area contributed by atoms with Crippen molar-refractivity contribution in [1.29, 1.82) is 0 Å². The number of carbonyl (C=O) groups is 1. The van der Waals surface area contributed by atoms with Gasteiger partial charge in [0.15, 0.2) is 0 Å². The average molecular weight is 292 g/mol. The topological polar surface area (TPSA) is 29.1 Å². The van der Waals surface area contributed by atoms with Crippen LogP contribution in [-0.2, 0) is 6.42 Å². The lowest BCUT2D eigenvalue weighted by Gasteiger charge is -2.06. The van der Waals surface area contributed by atoms with Gasteiger partial charge in [0.05, 0.1) is 0 Å². The molecule has 2 rings (SSSR count). The molecule has 0 aliphatic rings. The Labute approximate surface area is 122 Å². The minimum Gasteiger partial charge on any atom is -0.352 e. The fourth-order valence-corrected chi connectivity index (χ4v) is 1.99. The van der Waals surface area contributed by atoms with Gasteiger partial charge in [-0.3, -0.25) is 4.79 Å².